The zero-order chi connectivity index (χ0) is 16.6. The average Bonchev–Trinajstić information content (AvgIpc) is 2.85. The molecule has 24 heavy (non-hydrogen) atoms. The highest BCUT2D eigenvalue weighted by Gasteiger charge is 2.54. The largest absolute Gasteiger partial charge is 0.493 e. The summed E-state index contributed by atoms with van der Waals surface area (Å²) in [7, 11) is 0. The maximum Gasteiger partial charge on any atom is 0.325 e. The molecule has 2 saturated heterocycles. The van der Waals surface area contributed by atoms with Gasteiger partial charge in [-0.2, -0.15) is 0 Å². The van der Waals surface area contributed by atoms with Gasteiger partial charge in [-0.15, -0.1) is 0 Å². The Balaban J connectivity index is 1.53. The number of quaternary nitrogens is 1. The molecule has 2 fully saturated rings. The first-order valence-electron chi connectivity index (χ1n) is 8.48. The van der Waals surface area contributed by atoms with Crippen molar-refractivity contribution in [2.45, 2.75) is 12.0 Å². The summed E-state index contributed by atoms with van der Waals surface area (Å²) in [5.74, 6) is 0.522. The van der Waals surface area contributed by atoms with Gasteiger partial charge in [-0.05, 0) is 6.07 Å². The summed E-state index contributed by atoms with van der Waals surface area (Å²) in [6, 6.07) is 7.15. The summed E-state index contributed by atoms with van der Waals surface area (Å²) in [5, 5.41) is 2.94. The van der Waals surface area contributed by atoms with E-state index in [0.29, 0.717) is 25.3 Å². The zero-order valence-corrected chi connectivity index (χ0v) is 13.5. The minimum absolute atomic E-state index is 0.157. The lowest BCUT2D eigenvalue weighted by Crippen LogP contribution is -3.14. The Morgan fingerprint density at radius 2 is 1.96 bits per heavy atom. The Bertz CT molecular complexity index is 659. The van der Waals surface area contributed by atoms with Crippen LogP contribution < -0.4 is 15.0 Å². The standard InChI is InChI=1S/C17H21N3O4/c21-15-17(5-10-24-14-4-2-1-3-13(14)17)18-16(22)20(15)7-6-19-8-11-23-12-9-19/h1-4H,5-12H2,(H,18,22)/p+1/t17-/m1/s1. The van der Waals surface area contributed by atoms with E-state index in [0.717, 1.165) is 38.4 Å². The van der Waals surface area contributed by atoms with Crippen LogP contribution in [0.25, 0.3) is 0 Å². The molecule has 0 bridgehead atoms. The van der Waals surface area contributed by atoms with Gasteiger partial charge in [0.05, 0.1) is 32.9 Å². The fourth-order valence-electron chi connectivity index (χ4n) is 3.75. The maximum absolute atomic E-state index is 13.1. The topological polar surface area (TPSA) is 72.3 Å². The molecule has 0 saturated carbocycles. The molecule has 7 nitrogen and oxygen atoms in total. The van der Waals surface area contributed by atoms with Gasteiger partial charge in [-0.25, -0.2) is 4.79 Å². The minimum Gasteiger partial charge on any atom is -0.493 e. The van der Waals surface area contributed by atoms with Gasteiger partial charge in [0.25, 0.3) is 5.91 Å². The number of imide groups is 1. The molecule has 128 valence electrons. The maximum atomic E-state index is 13.1. The molecule has 1 aromatic rings. The molecule has 3 amide bonds. The highest BCUT2D eigenvalue weighted by molar-refractivity contribution is 6.07. The Labute approximate surface area is 140 Å². The number of fused-ring (bicyclic) bond motifs is 2. The lowest BCUT2D eigenvalue weighted by atomic mass is 9.84. The van der Waals surface area contributed by atoms with Crippen LogP contribution in [0.4, 0.5) is 4.79 Å². The summed E-state index contributed by atoms with van der Waals surface area (Å²) < 4.78 is 11.0. The quantitative estimate of drug-likeness (QED) is 0.706. The number of urea groups is 1. The van der Waals surface area contributed by atoms with Crippen LogP contribution in [0.3, 0.4) is 0 Å². The third kappa shape index (κ3) is 2.44. The van der Waals surface area contributed by atoms with Crippen LogP contribution in [0, 0.1) is 0 Å². The van der Waals surface area contributed by atoms with Crippen molar-refractivity contribution < 1.29 is 24.0 Å². The Morgan fingerprint density at radius 3 is 2.79 bits per heavy atom. The van der Waals surface area contributed by atoms with Crippen LogP contribution in [0.5, 0.6) is 5.75 Å². The summed E-state index contributed by atoms with van der Waals surface area (Å²) in [4.78, 5) is 28.3. The fourth-order valence-corrected chi connectivity index (χ4v) is 3.75. The van der Waals surface area contributed by atoms with Crippen LogP contribution in [0.2, 0.25) is 0 Å². The second-order valence-corrected chi connectivity index (χ2v) is 6.50. The second kappa shape index (κ2) is 6.07. The molecule has 3 aliphatic heterocycles. The van der Waals surface area contributed by atoms with E-state index < -0.39 is 5.54 Å². The number of hydrogen-bond acceptors (Lipinski definition) is 4. The summed E-state index contributed by atoms with van der Waals surface area (Å²) in [6.45, 7) is 4.94. The van der Waals surface area contributed by atoms with Gasteiger partial charge in [0.2, 0.25) is 0 Å². The molecule has 0 aromatic heterocycles. The molecular formula is C17H22N3O4+. The number of nitrogens with one attached hydrogen (secondary N) is 2. The molecule has 0 unspecified atom stereocenters. The third-order valence-corrected chi connectivity index (χ3v) is 5.15. The predicted molar refractivity (Wildman–Crippen MR) is 84.9 cm³/mol. The lowest BCUT2D eigenvalue weighted by Gasteiger charge is -2.33. The number of para-hydroxylation sites is 1. The monoisotopic (exact) mass is 332 g/mol. The van der Waals surface area contributed by atoms with Crippen LogP contribution in [0.1, 0.15) is 12.0 Å². The van der Waals surface area contributed by atoms with Crippen LogP contribution in [-0.2, 0) is 15.1 Å². The molecule has 0 radical (unpaired) electrons. The van der Waals surface area contributed by atoms with Crippen molar-refractivity contribution >= 4 is 11.9 Å². The van der Waals surface area contributed by atoms with E-state index in [2.05, 4.69) is 5.32 Å². The molecule has 1 aromatic carbocycles. The van der Waals surface area contributed by atoms with Gasteiger partial charge >= 0.3 is 6.03 Å². The van der Waals surface area contributed by atoms with Crippen LogP contribution in [-0.4, -0.2) is 62.8 Å². The van der Waals surface area contributed by atoms with Crippen molar-refractivity contribution in [1.82, 2.24) is 10.2 Å². The first kappa shape index (κ1) is 15.4. The number of ether oxygens (including phenoxy) is 2. The fraction of sp³-hybridized carbons (Fsp3) is 0.529. The highest BCUT2D eigenvalue weighted by atomic mass is 16.5. The van der Waals surface area contributed by atoms with Gasteiger partial charge in [-0.3, -0.25) is 9.69 Å². The summed E-state index contributed by atoms with van der Waals surface area (Å²) >= 11 is 0. The van der Waals surface area contributed by atoms with Gasteiger partial charge < -0.3 is 19.7 Å². The third-order valence-electron chi connectivity index (χ3n) is 5.15. The van der Waals surface area contributed by atoms with Gasteiger partial charge in [0.15, 0.2) is 5.54 Å². The van der Waals surface area contributed by atoms with Crippen molar-refractivity contribution in [3.8, 4) is 5.75 Å². The molecule has 1 spiro atoms. The molecule has 7 heteroatoms. The molecule has 3 aliphatic rings. The van der Waals surface area contributed by atoms with Crippen molar-refractivity contribution in [2.24, 2.45) is 0 Å². The SMILES string of the molecule is O=C1N[C@@]2(CCOc3ccccc32)C(=O)N1CC[NH+]1CCOCC1. The normalized spacial score (nSPS) is 27.1. The van der Waals surface area contributed by atoms with E-state index in [-0.39, 0.29) is 11.9 Å². The number of benzene rings is 1. The Hall–Kier alpha value is -2.12. The van der Waals surface area contributed by atoms with E-state index in [1.54, 1.807) is 0 Å². The van der Waals surface area contributed by atoms with E-state index in [9.17, 15) is 9.59 Å². The number of morpholine rings is 1. The first-order chi connectivity index (χ1) is 11.7. The molecule has 0 aliphatic carbocycles. The molecule has 3 heterocycles. The first-order valence-corrected chi connectivity index (χ1v) is 8.48. The van der Waals surface area contributed by atoms with E-state index in [1.165, 1.54) is 9.80 Å². The molecule has 4 rings (SSSR count). The number of rotatable bonds is 3. The zero-order valence-electron chi connectivity index (χ0n) is 13.5. The van der Waals surface area contributed by atoms with E-state index in [4.69, 9.17) is 9.47 Å². The van der Waals surface area contributed by atoms with Crippen molar-refractivity contribution in [1.29, 1.82) is 0 Å². The van der Waals surface area contributed by atoms with E-state index in [1.807, 2.05) is 24.3 Å². The minimum atomic E-state index is -0.966. The average molecular weight is 332 g/mol. The second-order valence-electron chi connectivity index (χ2n) is 6.50. The van der Waals surface area contributed by atoms with E-state index >= 15 is 0 Å². The van der Waals surface area contributed by atoms with Crippen molar-refractivity contribution in [2.75, 3.05) is 46.0 Å². The Kier molecular flexibility index (Phi) is 3.90. The van der Waals surface area contributed by atoms with Gasteiger partial charge in [-0.1, -0.05) is 18.2 Å². The van der Waals surface area contributed by atoms with Crippen molar-refractivity contribution in [3.05, 3.63) is 29.8 Å². The van der Waals surface area contributed by atoms with Crippen LogP contribution >= 0.6 is 0 Å². The Morgan fingerprint density at radius 1 is 1.17 bits per heavy atom. The lowest BCUT2D eigenvalue weighted by molar-refractivity contribution is -0.907. The predicted octanol–water partition coefficient (Wildman–Crippen LogP) is -0.869. The van der Waals surface area contributed by atoms with Gasteiger partial charge in [0, 0.05) is 12.0 Å². The smallest absolute Gasteiger partial charge is 0.325 e. The van der Waals surface area contributed by atoms with Crippen LogP contribution in [0.15, 0.2) is 24.3 Å². The molecule has 2 N–H and O–H groups in total. The summed E-state index contributed by atoms with van der Waals surface area (Å²) in [5.41, 5.74) is -0.206. The van der Waals surface area contributed by atoms with Gasteiger partial charge in [0.1, 0.15) is 18.8 Å². The number of carbonyl (C=O) groups is 2. The summed E-state index contributed by atoms with van der Waals surface area (Å²) in [6.07, 6.45) is 0.468. The van der Waals surface area contributed by atoms with Crippen molar-refractivity contribution in [3.63, 3.8) is 0 Å². The highest BCUT2D eigenvalue weighted by Crippen LogP contribution is 2.40. The number of nitrogens with zero attached hydrogens (tertiary/aromatic N) is 1. The molecule has 1 atom stereocenters. The number of hydrogen-bond donors (Lipinski definition) is 2. The number of amides is 3. The molecular weight excluding hydrogens is 310 g/mol. The number of carbonyl (C=O) groups excluding carboxylic acids is 2.